The van der Waals surface area contributed by atoms with Crippen LogP contribution in [-0.2, 0) is 132 Å². The third-order valence-electron chi connectivity index (χ3n) is 21.6. The van der Waals surface area contributed by atoms with Gasteiger partial charge in [0.15, 0.2) is 0 Å². The smallest absolute Gasteiger partial charge is 0.361 e. The number of Topliss-reactive ketones (excluding diaryl/α,β-unsaturated/α-hetero) is 5. The number of aromatic amines is 2. The molecule has 0 aliphatic rings. The predicted octanol–water partition coefficient (Wildman–Crippen LogP) is 19.6. The van der Waals surface area contributed by atoms with E-state index in [9.17, 15) is 61.4 Å². The van der Waals surface area contributed by atoms with Crippen molar-refractivity contribution in [3.63, 3.8) is 0 Å². The Bertz CT molecular complexity index is 5720. The Morgan fingerprint density at radius 2 is 0.637 bits per heavy atom. The van der Waals surface area contributed by atoms with Crippen molar-refractivity contribution in [3.8, 4) is 11.9 Å². The van der Waals surface area contributed by atoms with Gasteiger partial charge in [-0.3, -0.25) is 71.4 Å². The summed E-state index contributed by atoms with van der Waals surface area (Å²) in [5, 5.41) is 27.8. The molecule has 2 atom stereocenters. The lowest BCUT2D eigenvalue weighted by atomic mass is 9.78. The van der Waals surface area contributed by atoms with Crippen molar-refractivity contribution >= 4 is 140 Å². The molecule has 0 radical (unpaired) electrons. The summed E-state index contributed by atoms with van der Waals surface area (Å²) < 4.78 is 88.2. The van der Waals surface area contributed by atoms with Gasteiger partial charge in [-0.2, -0.15) is 10.2 Å². The van der Waals surface area contributed by atoms with E-state index in [2.05, 4.69) is 77.9 Å². The van der Waals surface area contributed by atoms with Crippen molar-refractivity contribution in [1.82, 2.24) is 39.5 Å². The average Bonchev–Trinajstić information content (AvgIpc) is 1.39. The number of nitrogens with zero attached hydrogens (tertiary/aromatic N) is 6. The van der Waals surface area contributed by atoms with Gasteiger partial charge in [0, 0.05) is 127 Å². The van der Waals surface area contributed by atoms with Gasteiger partial charge in [-0.05, 0) is 268 Å². The van der Waals surface area contributed by atoms with Gasteiger partial charge in [0.25, 0.3) is 11.1 Å². The van der Waals surface area contributed by atoms with Crippen LogP contribution in [0.3, 0.4) is 0 Å². The average molecular weight is 2120 g/mol. The number of halogens is 3. The fourth-order valence-corrected chi connectivity index (χ4v) is 19.0. The summed E-state index contributed by atoms with van der Waals surface area (Å²) in [5.41, 5.74) is 2.16. The minimum atomic E-state index is -3.40. The van der Waals surface area contributed by atoms with Crippen LogP contribution in [0, 0.1) is 0 Å². The number of benzene rings is 7. The monoisotopic (exact) mass is 2120 g/mol. The molecule has 4 heterocycles. The molecular formula is C99H123Br3N8O21P4. The molecule has 29 nitrogen and oxygen atoms in total. The van der Waals surface area contributed by atoms with E-state index in [1.807, 2.05) is 107 Å². The van der Waals surface area contributed by atoms with Crippen molar-refractivity contribution < 1.29 is 89.2 Å². The van der Waals surface area contributed by atoms with Gasteiger partial charge in [-0.25, -0.2) is 19.3 Å². The molecule has 2 unspecified atom stereocenters. The Morgan fingerprint density at radius 3 is 0.889 bits per heavy atom. The zero-order valence-electron chi connectivity index (χ0n) is 80.1. The molecule has 7 aromatic carbocycles. The van der Waals surface area contributed by atoms with Crippen LogP contribution < -0.4 is 32.3 Å². The van der Waals surface area contributed by atoms with Gasteiger partial charge in [0.1, 0.15) is 28.9 Å². The maximum atomic E-state index is 13.1. The molecule has 0 fully saturated rings. The molecule has 0 amide bonds. The summed E-state index contributed by atoms with van der Waals surface area (Å²) in [5.74, 6) is -0.934. The molecule has 0 saturated carbocycles. The quantitative estimate of drug-likeness (QED) is 0.0265. The molecular weight excluding hydrogens is 2000 g/mol. The van der Waals surface area contributed by atoms with Crippen LogP contribution >= 0.6 is 77.7 Å². The number of rotatable bonds is 36. The van der Waals surface area contributed by atoms with Crippen LogP contribution in [0.15, 0.2) is 242 Å². The van der Waals surface area contributed by atoms with Crippen LogP contribution in [0.2, 0.25) is 0 Å². The van der Waals surface area contributed by atoms with Crippen LogP contribution in [0.25, 0.3) is 11.9 Å². The van der Waals surface area contributed by atoms with Crippen LogP contribution in [0.1, 0.15) is 182 Å². The Hall–Kier alpha value is -9.87. The van der Waals surface area contributed by atoms with Gasteiger partial charge < -0.3 is 37.4 Å². The van der Waals surface area contributed by atoms with Gasteiger partial charge in [0.2, 0.25) is 26.6 Å². The maximum Gasteiger partial charge on any atom is 0.361 e. The molecule has 0 aliphatic carbocycles. The first-order valence-electron chi connectivity index (χ1n) is 43.3. The first-order valence-corrected chi connectivity index (χ1v) is 52.9. The number of aliphatic carboxylic acids is 2. The predicted molar refractivity (Wildman–Crippen MR) is 540 cm³/mol. The molecule has 0 bridgehead atoms. The Balaban J connectivity index is 0.000000290. The third kappa shape index (κ3) is 34.4. The van der Waals surface area contributed by atoms with E-state index in [1.54, 1.807) is 244 Å². The number of carboxylic acids is 2. The van der Waals surface area contributed by atoms with E-state index in [1.165, 1.54) is 21.8 Å². The number of aromatic nitrogens is 8. The number of hydrogen-bond donors (Lipinski definition) is 4. The van der Waals surface area contributed by atoms with E-state index < -0.39 is 63.5 Å². The number of ketones is 5. The van der Waals surface area contributed by atoms with E-state index >= 15 is 0 Å². The molecule has 0 aliphatic heterocycles. The summed E-state index contributed by atoms with van der Waals surface area (Å²) in [6.45, 7) is 38.5. The van der Waals surface area contributed by atoms with E-state index in [-0.39, 0.29) is 114 Å². The third-order valence-corrected chi connectivity index (χ3v) is 31.4. The first kappa shape index (κ1) is 116. The normalized spacial score (nSPS) is 12.4. The number of nitrogens with one attached hydrogen (secondary N) is 2. The Kier molecular flexibility index (Phi) is 45.1. The number of H-pyrrole nitrogens is 2. The topological polar surface area (TPSA) is 411 Å². The molecule has 4 aromatic heterocycles. The zero-order chi connectivity index (χ0) is 101. The highest BCUT2D eigenvalue weighted by atomic mass is 79.9. The second-order valence-electron chi connectivity index (χ2n) is 33.4. The summed E-state index contributed by atoms with van der Waals surface area (Å²) in [6.07, 6.45) is 9.73. The van der Waals surface area contributed by atoms with Crippen molar-refractivity contribution in [2.45, 2.75) is 184 Å². The lowest BCUT2D eigenvalue weighted by Gasteiger charge is -2.24. The molecule has 135 heavy (non-hydrogen) atoms. The molecule has 0 spiro atoms. The summed E-state index contributed by atoms with van der Waals surface area (Å²) >= 11 is 9.96. The second kappa shape index (κ2) is 52.6. The highest BCUT2D eigenvalue weighted by Crippen LogP contribution is 2.49. The van der Waals surface area contributed by atoms with E-state index in [0.717, 1.165) is 46.8 Å². The Morgan fingerprint density at radius 1 is 0.370 bits per heavy atom. The molecule has 11 rings (SSSR count). The van der Waals surface area contributed by atoms with Crippen molar-refractivity contribution in [3.05, 3.63) is 303 Å². The van der Waals surface area contributed by atoms with Crippen LogP contribution in [0.4, 0.5) is 0 Å². The molecule has 4 N–H and O–H groups in total. The Labute approximate surface area is 815 Å². The number of hydrogen-bond acceptors (Lipinski definition) is 23. The number of carbonyl (C=O) groups is 7. The zero-order valence-corrected chi connectivity index (χ0v) is 88.4. The minimum absolute atomic E-state index is 0.0765. The lowest BCUT2D eigenvalue weighted by molar-refractivity contribution is -0.142. The summed E-state index contributed by atoms with van der Waals surface area (Å²) in [4.78, 5) is 120. The molecule has 11 aromatic rings. The fraction of sp³-hybridized carbons (Fsp3) is 0.364. The largest absolute Gasteiger partial charge is 0.481 e. The number of carboxylic acid groups (broad SMARTS) is 2. The standard InChI is InChI=1S/2C22H27N4O5P.C14H21O3P.C13H19O4P.C11H13BrO.C9H9BrO.C8H7BrO2/c2*1-5-30-32(29,31-6-2)18-10-8-17(9-11-18)22(3,4)19(27)14-16-15-23-21(25-20(16)28)26-13-7-12-24-26;1-6-17-18(5,16)13-9-7-12(8-10-13)14(3,4)11(2)15;1-5-17-18(4,16)11-8-6-10(7-9-11)13(2,3)12(14)15;1-8(13)11(2,3)9-4-6-10(12)7-5-9;1-7(11)6-8-2-4-9(10)5-3-8;9-7-3-1-6(2-4-7)5-8(10)11/h2*7-13,15H,5-6,14H2,1-4H3,(H,23,25,28);7-10H,6H2,1-5H3;6-9H,5H2,1-4H3,(H,14,15);4-7H,1-3H3;2-5H,6H2,1H3;1-4H,5H2,(H,10,11). The summed E-state index contributed by atoms with van der Waals surface area (Å²) in [7, 11) is -12.3. The summed E-state index contributed by atoms with van der Waals surface area (Å²) in [6, 6.07) is 53.9. The minimum Gasteiger partial charge on any atom is -0.481 e. The fourth-order valence-electron chi connectivity index (χ4n) is 12.4. The molecule has 0 saturated heterocycles. The van der Waals surface area contributed by atoms with Crippen molar-refractivity contribution in [1.29, 1.82) is 0 Å². The second-order valence-corrected chi connectivity index (χ2v) is 45.1. The van der Waals surface area contributed by atoms with E-state index in [4.69, 9.17) is 37.4 Å². The highest BCUT2D eigenvalue weighted by Gasteiger charge is 2.36. The van der Waals surface area contributed by atoms with Gasteiger partial charge in [-0.1, -0.05) is 133 Å². The SMILES string of the molecule is CC(=O)C(C)(C)c1ccc(Br)cc1.CC(=O)Cc1ccc(Br)cc1.CCOP(=O)(OCC)c1ccc(C(C)(C)C(=O)Cc2cnc(-n3cccn3)[nH]c2=O)cc1.CCOP(=O)(OCC)c1ccc(C(C)(C)C(=O)Cc2cnc(-n3cccn3)[nH]c2=O)cc1.CCOP(C)(=O)c1ccc(C(C)(C)C(=O)O)cc1.CCOP(C)(=O)c1ccc(C(C)(C)C(C)=O)cc1.O=C(O)Cc1ccc(Br)cc1. The van der Waals surface area contributed by atoms with Crippen LogP contribution in [0.5, 0.6) is 0 Å². The van der Waals surface area contributed by atoms with Crippen molar-refractivity contribution in [2.24, 2.45) is 0 Å². The number of carbonyl (C=O) groups excluding carboxylic acids is 5. The maximum absolute atomic E-state index is 13.1. The lowest BCUT2D eigenvalue weighted by Crippen LogP contribution is -2.33. The van der Waals surface area contributed by atoms with Crippen LogP contribution in [-0.4, -0.2) is 144 Å². The van der Waals surface area contributed by atoms with Gasteiger partial charge in [-0.15, -0.1) is 0 Å². The van der Waals surface area contributed by atoms with Gasteiger partial charge >= 0.3 is 27.1 Å². The van der Waals surface area contributed by atoms with Gasteiger partial charge in [0.05, 0.1) is 62.1 Å². The van der Waals surface area contributed by atoms with E-state index in [0.29, 0.717) is 46.4 Å². The highest BCUT2D eigenvalue weighted by molar-refractivity contribution is 9.11. The van der Waals surface area contributed by atoms with Crippen molar-refractivity contribution in [2.75, 3.05) is 53.0 Å². The first-order chi connectivity index (χ1) is 63.1. The molecule has 726 valence electrons. The molecule has 36 heteroatoms.